The molecule has 0 amide bonds. The molecule has 1 rings (SSSR count). The van der Waals surface area contributed by atoms with Gasteiger partial charge < -0.3 is 10.2 Å². The van der Waals surface area contributed by atoms with Crippen LogP contribution in [0.5, 0.6) is 0 Å². The number of rotatable bonds is 5. The van der Waals surface area contributed by atoms with Gasteiger partial charge in [0.15, 0.2) is 0 Å². The van der Waals surface area contributed by atoms with Crippen molar-refractivity contribution in [3.63, 3.8) is 0 Å². The van der Waals surface area contributed by atoms with Gasteiger partial charge in [-0.2, -0.15) is 0 Å². The van der Waals surface area contributed by atoms with Gasteiger partial charge in [-0.25, -0.2) is 0 Å². The number of hydrogen-bond acceptors (Lipinski definition) is 3. The second kappa shape index (κ2) is 6.26. The zero-order chi connectivity index (χ0) is 11.3. The molecule has 1 aliphatic heterocycles. The molecule has 1 fully saturated rings. The Morgan fingerprint density at radius 1 is 1.60 bits per heavy atom. The molecule has 1 aliphatic rings. The van der Waals surface area contributed by atoms with E-state index in [2.05, 4.69) is 18.4 Å². The number of hydrogen-bond donors (Lipinski definition) is 2. The molecule has 3 nitrogen and oxygen atoms in total. The average molecular weight is 213 g/mol. The van der Waals surface area contributed by atoms with Crippen LogP contribution in [-0.4, -0.2) is 47.0 Å². The van der Waals surface area contributed by atoms with E-state index in [0.717, 1.165) is 25.8 Å². The Morgan fingerprint density at radius 2 is 2.33 bits per heavy atom. The molecule has 15 heavy (non-hydrogen) atoms. The van der Waals surface area contributed by atoms with E-state index in [1.54, 1.807) is 0 Å². The van der Waals surface area contributed by atoms with Crippen LogP contribution < -0.4 is 0 Å². The third-order valence-electron chi connectivity index (χ3n) is 3.18. The molecule has 3 atom stereocenters. The molecule has 1 heterocycles. The van der Waals surface area contributed by atoms with Gasteiger partial charge in [-0.3, -0.25) is 4.90 Å². The van der Waals surface area contributed by atoms with Crippen LogP contribution in [-0.2, 0) is 0 Å². The largest absolute Gasteiger partial charge is 0.392 e. The minimum Gasteiger partial charge on any atom is -0.392 e. The highest BCUT2D eigenvalue weighted by Crippen LogP contribution is 2.17. The van der Waals surface area contributed by atoms with E-state index in [9.17, 15) is 10.2 Å². The van der Waals surface area contributed by atoms with Gasteiger partial charge >= 0.3 is 0 Å². The quantitative estimate of drug-likeness (QED) is 0.670. The lowest BCUT2D eigenvalue weighted by Crippen LogP contribution is -2.45. The van der Waals surface area contributed by atoms with Crippen molar-refractivity contribution in [3.05, 3.63) is 12.7 Å². The summed E-state index contributed by atoms with van der Waals surface area (Å²) in [5, 5.41) is 19.4. The summed E-state index contributed by atoms with van der Waals surface area (Å²) < 4.78 is 0. The first-order valence-corrected chi connectivity index (χ1v) is 5.83. The first kappa shape index (κ1) is 12.7. The fourth-order valence-corrected chi connectivity index (χ4v) is 1.98. The Hall–Kier alpha value is -0.380. The van der Waals surface area contributed by atoms with E-state index in [4.69, 9.17) is 0 Å². The van der Waals surface area contributed by atoms with Crippen molar-refractivity contribution in [3.8, 4) is 0 Å². The minimum absolute atomic E-state index is 0.231. The summed E-state index contributed by atoms with van der Waals surface area (Å²) in [5.74, 6) is 0.395. The van der Waals surface area contributed by atoms with Crippen molar-refractivity contribution in [2.24, 2.45) is 5.92 Å². The molecule has 0 aromatic carbocycles. The predicted octanol–water partition coefficient (Wildman–Crippen LogP) is 1.02. The van der Waals surface area contributed by atoms with E-state index in [1.807, 2.05) is 6.08 Å². The Morgan fingerprint density at radius 3 is 2.93 bits per heavy atom. The van der Waals surface area contributed by atoms with Crippen molar-refractivity contribution >= 4 is 0 Å². The summed E-state index contributed by atoms with van der Waals surface area (Å²) in [6, 6.07) is 0. The van der Waals surface area contributed by atoms with Crippen molar-refractivity contribution in [1.29, 1.82) is 0 Å². The summed E-state index contributed by atoms with van der Waals surface area (Å²) in [5.41, 5.74) is 0. The lowest BCUT2D eigenvalue weighted by Gasteiger charge is -2.35. The zero-order valence-electron chi connectivity index (χ0n) is 9.60. The number of β-amino-alcohol motifs (C(OH)–C–C–N with tert-alkyl or cyclic N) is 2. The van der Waals surface area contributed by atoms with Crippen LogP contribution >= 0.6 is 0 Å². The second-order valence-corrected chi connectivity index (χ2v) is 4.61. The van der Waals surface area contributed by atoms with Gasteiger partial charge in [-0.05, 0) is 31.7 Å². The SMILES string of the molecule is C=CCCC(O)CN1CCC(C)C(O)C1. The van der Waals surface area contributed by atoms with E-state index in [1.165, 1.54) is 0 Å². The molecule has 2 N–H and O–H groups in total. The fourth-order valence-electron chi connectivity index (χ4n) is 1.98. The fraction of sp³-hybridized carbons (Fsp3) is 0.833. The van der Waals surface area contributed by atoms with E-state index < -0.39 is 0 Å². The van der Waals surface area contributed by atoms with Gasteiger partial charge in [-0.15, -0.1) is 6.58 Å². The molecular formula is C12H23NO2. The van der Waals surface area contributed by atoms with E-state index in [0.29, 0.717) is 19.0 Å². The Bertz CT molecular complexity index is 196. The maximum absolute atomic E-state index is 9.71. The number of aliphatic hydroxyl groups is 2. The Labute approximate surface area is 92.4 Å². The highest BCUT2D eigenvalue weighted by Gasteiger charge is 2.25. The number of nitrogens with zero attached hydrogens (tertiary/aromatic N) is 1. The first-order chi connectivity index (χ1) is 7.13. The van der Waals surface area contributed by atoms with E-state index >= 15 is 0 Å². The molecule has 3 heteroatoms. The molecule has 88 valence electrons. The lowest BCUT2D eigenvalue weighted by atomic mass is 9.96. The molecule has 0 spiro atoms. The monoisotopic (exact) mass is 213 g/mol. The Balaban J connectivity index is 2.23. The molecule has 0 radical (unpaired) electrons. The van der Waals surface area contributed by atoms with Gasteiger partial charge in [0.2, 0.25) is 0 Å². The van der Waals surface area contributed by atoms with Crippen LogP contribution in [0, 0.1) is 5.92 Å². The van der Waals surface area contributed by atoms with E-state index in [-0.39, 0.29) is 12.2 Å². The van der Waals surface area contributed by atoms with Crippen molar-refractivity contribution in [1.82, 2.24) is 4.90 Å². The molecule has 1 saturated heterocycles. The molecular weight excluding hydrogens is 190 g/mol. The van der Waals surface area contributed by atoms with Crippen LogP contribution in [0.4, 0.5) is 0 Å². The number of allylic oxidation sites excluding steroid dienone is 1. The van der Waals surface area contributed by atoms with Crippen molar-refractivity contribution in [2.45, 2.75) is 38.4 Å². The maximum atomic E-state index is 9.71. The molecule has 0 saturated carbocycles. The van der Waals surface area contributed by atoms with Crippen LogP contribution in [0.2, 0.25) is 0 Å². The Kier molecular flexibility index (Phi) is 5.29. The van der Waals surface area contributed by atoms with Gasteiger partial charge in [0, 0.05) is 13.1 Å². The third-order valence-corrected chi connectivity index (χ3v) is 3.18. The zero-order valence-corrected chi connectivity index (χ0v) is 9.60. The summed E-state index contributed by atoms with van der Waals surface area (Å²) in [7, 11) is 0. The number of likely N-dealkylation sites (tertiary alicyclic amines) is 1. The van der Waals surface area contributed by atoms with Crippen LogP contribution in [0.25, 0.3) is 0 Å². The average Bonchev–Trinajstić information content (AvgIpc) is 2.20. The number of piperidine rings is 1. The first-order valence-electron chi connectivity index (χ1n) is 5.83. The lowest BCUT2D eigenvalue weighted by molar-refractivity contribution is 0.00784. The van der Waals surface area contributed by atoms with Crippen LogP contribution in [0.1, 0.15) is 26.2 Å². The standard InChI is InChI=1S/C12H23NO2/c1-3-4-5-11(14)8-13-7-6-10(2)12(15)9-13/h3,10-12,14-15H,1,4-9H2,2H3. The molecule has 3 unspecified atom stereocenters. The highest BCUT2D eigenvalue weighted by molar-refractivity contribution is 4.79. The second-order valence-electron chi connectivity index (χ2n) is 4.61. The van der Waals surface area contributed by atoms with Gasteiger partial charge in [-0.1, -0.05) is 13.0 Å². The number of aliphatic hydroxyl groups excluding tert-OH is 2. The maximum Gasteiger partial charge on any atom is 0.0693 e. The molecule has 0 aromatic rings. The van der Waals surface area contributed by atoms with Gasteiger partial charge in [0.25, 0.3) is 0 Å². The van der Waals surface area contributed by atoms with Gasteiger partial charge in [0.1, 0.15) is 0 Å². The van der Waals surface area contributed by atoms with Gasteiger partial charge in [0.05, 0.1) is 12.2 Å². The van der Waals surface area contributed by atoms with Crippen molar-refractivity contribution < 1.29 is 10.2 Å². The smallest absolute Gasteiger partial charge is 0.0693 e. The predicted molar refractivity (Wildman–Crippen MR) is 61.7 cm³/mol. The third kappa shape index (κ3) is 4.33. The molecule has 0 aliphatic carbocycles. The summed E-state index contributed by atoms with van der Waals surface area (Å²) in [4.78, 5) is 2.15. The molecule has 0 bridgehead atoms. The minimum atomic E-state index is -0.288. The van der Waals surface area contributed by atoms with Crippen LogP contribution in [0.15, 0.2) is 12.7 Å². The summed E-state index contributed by atoms with van der Waals surface area (Å²) >= 11 is 0. The summed E-state index contributed by atoms with van der Waals surface area (Å²) in [6.07, 6.45) is 3.96. The molecule has 0 aromatic heterocycles. The normalized spacial score (nSPS) is 30.1. The van der Waals surface area contributed by atoms with Crippen LogP contribution in [0.3, 0.4) is 0 Å². The van der Waals surface area contributed by atoms with Crippen molar-refractivity contribution in [2.75, 3.05) is 19.6 Å². The summed E-state index contributed by atoms with van der Waals surface area (Å²) in [6.45, 7) is 8.08. The highest BCUT2D eigenvalue weighted by atomic mass is 16.3. The topological polar surface area (TPSA) is 43.7 Å².